The van der Waals surface area contributed by atoms with E-state index in [1.807, 2.05) is 0 Å². The van der Waals surface area contributed by atoms with Crippen LogP contribution in [0.15, 0.2) is 51.7 Å². The summed E-state index contributed by atoms with van der Waals surface area (Å²) in [5.41, 5.74) is 0.710. The Hall–Kier alpha value is -3.66. The van der Waals surface area contributed by atoms with Gasteiger partial charge < -0.3 is 14.5 Å². The Morgan fingerprint density at radius 3 is 2.77 bits per heavy atom. The van der Waals surface area contributed by atoms with Gasteiger partial charge in [0.05, 0.1) is 17.0 Å². The number of ether oxygens (including phenoxy) is 1. The lowest BCUT2D eigenvalue weighted by Gasteiger charge is -2.07. The highest BCUT2D eigenvalue weighted by molar-refractivity contribution is 6.32. The Kier molecular flexibility index (Phi) is 6.48. The molecule has 3 rings (SSSR count). The molecule has 1 N–H and O–H groups in total. The first-order chi connectivity index (χ1) is 14.4. The lowest BCUT2D eigenvalue weighted by Crippen LogP contribution is -2.31. The molecule has 0 aliphatic rings. The molecule has 0 saturated heterocycles. The second-order valence-electron chi connectivity index (χ2n) is 6.17. The van der Waals surface area contributed by atoms with Crippen LogP contribution in [0.1, 0.15) is 16.8 Å². The minimum Gasteiger partial charge on any atom is -0.464 e. The van der Waals surface area contributed by atoms with Gasteiger partial charge in [0.25, 0.3) is 11.6 Å². The number of para-hydroxylation sites is 2. The number of oxazole rings is 1. The van der Waals surface area contributed by atoms with E-state index in [9.17, 15) is 24.5 Å². The summed E-state index contributed by atoms with van der Waals surface area (Å²) in [6, 6.07) is 10.5. The normalized spacial score (nSPS) is 10.7. The van der Waals surface area contributed by atoms with Crippen LogP contribution in [0, 0.1) is 10.1 Å². The highest BCUT2D eigenvalue weighted by Crippen LogP contribution is 2.24. The number of benzene rings is 2. The van der Waals surface area contributed by atoms with Crippen molar-refractivity contribution in [1.29, 1.82) is 0 Å². The number of rotatable bonds is 8. The summed E-state index contributed by atoms with van der Waals surface area (Å²) in [5.74, 6) is -1.86. The van der Waals surface area contributed by atoms with Crippen LogP contribution >= 0.6 is 11.6 Å². The van der Waals surface area contributed by atoms with Crippen LogP contribution in [0.4, 0.5) is 5.69 Å². The lowest BCUT2D eigenvalue weighted by atomic mass is 10.2. The van der Waals surface area contributed by atoms with E-state index in [4.69, 9.17) is 20.8 Å². The number of halogens is 1. The van der Waals surface area contributed by atoms with E-state index < -0.39 is 34.8 Å². The average molecular weight is 434 g/mol. The molecule has 0 aliphatic carbocycles. The molecule has 11 heteroatoms. The van der Waals surface area contributed by atoms with Gasteiger partial charge in [0.1, 0.15) is 11.6 Å². The van der Waals surface area contributed by atoms with Gasteiger partial charge in [0.15, 0.2) is 5.58 Å². The summed E-state index contributed by atoms with van der Waals surface area (Å²) in [4.78, 5) is 45.9. The number of hydrogen-bond donors (Lipinski definition) is 1. The van der Waals surface area contributed by atoms with E-state index in [0.717, 1.165) is 6.07 Å². The number of aromatic nitrogens is 1. The smallest absolute Gasteiger partial charge is 0.419 e. The standard InChI is InChI=1S/C19H16ClN3O7/c20-13-7-6-12(10-15(13)23(27)28)18(25)21-11-17(24)29-9-3-8-22-14-4-1-2-5-16(14)30-19(22)26/h1-2,4-7,10H,3,8-9,11H2,(H,21,25). The first-order valence-corrected chi connectivity index (χ1v) is 9.21. The topological polar surface area (TPSA) is 134 Å². The third-order valence-electron chi connectivity index (χ3n) is 4.16. The Morgan fingerprint density at radius 1 is 1.23 bits per heavy atom. The van der Waals surface area contributed by atoms with Crippen molar-refractivity contribution in [3.8, 4) is 0 Å². The zero-order valence-electron chi connectivity index (χ0n) is 15.5. The second-order valence-corrected chi connectivity index (χ2v) is 6.57. The number of hydrogen-bond acceptors (Lipinski definition) is 7. The summed E-state index contributed by atoms with van der Waals surface area (Å²) in [7, 11) is 0. The summed E-state index contributed by atoms with van der Waals surface area (Å²) in [6.07, 6.45) is 0.368. The van der Waals surface area contributed by atoms with E-state index in [1.165, 1.54) is 16.7 Å². The van der Waals surface area contributed by atoms with Gasteiger partial charge in [-0.3, -0.25) is 24.3 Å². The summed E-state index contributed by atoms with van der Waals surface area (Å²) in [6.45, 7) is -0.0825. The summed E-state index contributed by atoms with van der Waals surface area (Å²) in [5, 5.41) is 13.1. The van der Waals surface area contributed by atoms with Crippen molar-refractivity contribution in [3.05, 3.63) is 73.7 Å². The molecule has 30 heavy (non-hydrogen) atoms. The number of carbonyl (C=O) groups is 2. The van der Waals surface area contributed by atoms with Crippen LogP contribution in [-0.2, 0) is 16.1 Å². The number of nitro groups is 1. The number of fused-ring (bicyclic) bond motifs is 1. The molecule has 2 aromatic carbocycles. The predicted molar refractivity (Wildman–Crippen MR) is 106 cm³/mol. The van der Waals surface area contributed by atoms with Crippen molar-refractivity contribution in [1.82, 2.24) is 9.88 Å². The maximum atomic E-state index is 12.0. The summed E-state index contributed by atoms with van der Waals surface area (Å²) >= 11 is 5.70. The quantitative estimate of drug-likeness (QED) is 0.249. The molecule has 10 nitrogen and oxygen atoms in total. The maximum Gasteiger partial charge on any atom is 0.419 e. The molecule has 0 bridgehead atoms. The Balaban J connectivity index is 1.45. The van der Waals surface area contributed by atoms with Crippen LogP contribution in [0.25, 0.3) is 11.1 Å². The molecule has 3 aromatic rings. The molecule has 0 spiro atoms. The van der Waals surface area contributed by atoms with Crippen molar-refractivity contribution in [2.24, 2.45) is 0 Å². The molecule has 0 aliphatic heterocycles. The van der Waals surface area contributed by atoms with Gasteiger partial charge in [0, 0.05) is 18.2 Å². The third-order valence-corrected chi connectivity index (χ3v) is 4.48. The molecule has 0 radical (unpaired) electrons. The second kappa shape index (κ2) is 9.23. The average Bonchev–Trinajstić information content (AvgIpc) is 3.04. The van der Waals surface area contributed by atoms with Crippen LogP contribution in [0.2, 0.25) is 5.02 Å². The first kappa shape index (κ1) is 21.1. The van der Waals surface area contributed by atoms with Crippen molar-refractivity contribution < 1.29 is 23.7 Å². The van der Waals surface area contributed by atoms with Crippen molar-refractivity contribution in [2.75, 3.05) is 13.2 Å². The van der Waals surface area contributed by atoms with Crippen LogP contribution < -0.4 is 11.1 Å². The SMILES string of the molecule is O=C(CNC(=O)c1ccc(Cl)c([N+](=O)[O-])c1)OCCCn1c(=O)oc2ccccc21. The Morgan fingerprint density at radius 2 is 2.00 bits per heavy atom. The van der Waals surface area contributed by atoms with Gasteiger partial charge in [-0.2, -0.15) is 0 Å². The molecule has 0 fully saturated rings. The maximum absolute atomic E-state index is 12.0. The zero-order chi connectivity index (χ0) is 21.7. The molecule has 0 atom stereocenters. The lowest BCUT2D eigenvalue weighted by molar-refractivity contribution is -0.384. The fraction of sp³-hybridized carbons (Fsp3) is 0.211. The van der Waals surface area contributed by atoms with E-state index in [0.29, 0.717) is 24.1 Å². The Bertz CT molecular complexity index is 1170. The van der Waals surface area contributed by atoms with Gasteiger partial charge in [-0.1, -0.05) is 23.7 Å². The number of nitro benzene ring substituents is 1. The molecule has 1 aromatic heterocycles. The number of nitrogens with zero attached hydrogens (tertiary/aromatic N) is 2. The van der Waals surface area contributed by atoms with E-state index in [1.54, 1.807) is 24.3 Å². The van der Waals surface area contributed by atoms with E-state index in [-0.39, 0.29) is 17.2 Å². The molecular formula is C19H16ClN3O7. The van der Waals surface area contributed by atoms with Crippen molar-refractivity contribution >= 4 is 40.3 Å². The zero-order valence-corrected chi connectivity index (χ0v) is 16.3. The molecular weight excluding hydrogens is 418 g/mol. The van der Waals surface area contributed by atoms with Gasteiger partial charge >= 0.3 is 11.7 Å². The fourth-order valence-electron chi connectivity index (χ4n) is 2.73. The minimum absolute atomic E-state index is 0.00916. The molecule has 1 heterocycles. The number of aryl methyl sites for hydroxylation is 1. The van der Waals surface area contributed by atoms with Gasteiger partial charge in [-0.05, 0) is 30.7 Å². The van der Waals surface area contributed by atoms with Gasteiger partial charge in [-0.25, -0.2) is 4.79 Å². The Labute approximate surface area is 174 Å². The van der Waals surface area contributed by atoms with Crippen LogP contribution in [-0.4, -0.2) is 34.5 Å². The molecule has 156 valence electrons. The van der Waals surface area contributed by atoms with Crippen LogP contribution in [0.3, 0.4) is 0 Å². The number of nitrogens with one attached hydrogen (secondary N) is 1. The number of amides is 1. The molecule has 0 saturated carbocycles. The largest absolute Gasteiger partial charge is 0.464 e. The van der Waals surface area contributed by atoms with E-state index in [2.05, 4.69) is 5.32 Å². The molecule has 0 unspecified atom stereocenters. The van der Waals surface area contributed by atoms with Gasteiger partial charge in [0.2, 0.25) is 0 Å². The van der Waals surface area contributed by atoms with E-state index >= 15 is 0 Å². The third kappa shape index (κ3) is 4.84. The highest BCUT2D eigenvalue weighted by atomic mass is 35.5. The monoisotopic (exact) mass is 433 g/mol. The van der Waals surface area contributed by atoms with Crippen molar-refractivity contribution in [2.45, 2.75) is 13.0 Å². The van der Waals surface area contributed by atoms with Crippen molar-refractivity contribution in [3.63, 3.8) is 0 Å². The predicted octanol–water partition coefficient (Wildman–Crippen LogP) is 2.52. The highest BCUT2D eigenvalue weighted by Gasteiger charge is 2.17. The molecule has 1 amide bonds. The fourth-order valence-corrected chi connectivity index (χ4v) is 2.92. The minimum atomic E-state index is -0.706. The number of esters is 1. The first-order valence-electron chi connectivity index (χ1n) is 8.83. The number of carbonyl (C=O) groups excluding carboxylic acids is 2. The summed E-state index contributed by atoms with van der Waals surface area (Å²) < 4.78 is 11.6. The van der Waals surface area contributed by atoms with Crippen LogP contribution in [0.5, 0.6) is 0 Å². The van der Waals surface area contributed by atoms with Gasteiger partial charge in [-0.15, -0.1) is 0 Å².